The van der Waals surface area contributed by atoms with Crippen LogP contribution in [0.15, 0.2) is 30.5 Å². The van der Waals surface area contributed by atoms with Crippen molar-refractivity contribution >= 4 is 16.8 Å². The van der Waals surface area contributed by atoms with Crippen LogP contribution in [-0.2, 0) is 0 Å². The van der Waals surface area contributed by atoms with Gasteiger partial charge in [-0.2, -0.15) is 0 Å². The van der Waals surface area contributed by atoms with Gasteiger partial charge in [0.25, 0.3) is 5.91 Å². The number of fused-ring (bicyclic) bond motifs is 1. The summed E-state index contributed by atoms with van der Waals surface area (Å²) < 4.78 is 0. The highest BCUT2D eigenvalue weighted by Crippen LogP contribution is 2.21. The molecular formula is C15H18N2O2. The van der Waals surface area contributed by atoms with E-state index in [1.165, 1.54) is 0 Å². The summed E-state index contributed by atoms with van der Waals surface area (Å²) >= 11 is 0. The number of carbonyl (C=O) groups is 1. The van der Waals surface area contributed by atoms with Gasteiger partial charge in [-0.3, -0.25) is 4.79 Å². The zero-order valence-electron chi connectivity index (χ0n) is 10.7. The lowest BCUT2D eigenvalue weighted by Gasteiger charge is -2.28. The Kier molecular flexibility index (Phi) is 3.25. The van der Waals surface area contributed by atoms with Gasteiger partial charge < -0.3 is 15.4 Å². The van der Waals surface area contributed by atoms with Gasteiger partial charge in [0.2, 0.25) is 0 Å². The molecule has 0 aliphatic heterocycles. The molecule has 0 saturated heterocycles. The third-order valence-electron chi connectivity index (χ3n) is 3.88. The molecule has 1 fully saturated rings. The number of aliphatic hydroxyl groups is 1. The van der Waals surface area contributed by atoms with E-state index in [-0.39, 0.29) is 11.9 Å². The molecule has 3 N–H and O–H groups in total. The number of rotatable bonds is 2. The maximum Gasteiger partial charge on any atom is 0.253 e. The molecule has 0 unspecified atom stereocenters. The summed E-state index contributed by atoms with van der Waals surface area (Å²) in [4.78, 5) is 15.4. The molecule has 2 atom stereocenters. The van der Waals surface area contributed by atoms with Crippen LogP contribution in [0.25, 0.3) is 10.9 Å². The summed E-state index contributed by atoms with van der Waals surface area (Å²) in [5.74, 6) is -0.108. The van der Waals surface area contributed by atoms with Gasteiger partial charge in [-0.1, -0.05) is 31.0 Å². The molecule has 1 amide bonds. The first-order valence-electron chi connectivity index (χ1n) is 6.81. The van der Waals surface area contributed by atoms with Crippen molar-refractivity contribution in [3.8, 4) is 0 Å². The maximum atomic E-state index is 12.3. The fourth-order valence-corrected chi connectivity index (χ4v) is 2.79. The minimum atomic E-state index is -0.414. The number of H-pyrrole nitrogens is 1. The molecule has 1 aromatic carbocycles. The molecule has 0 bridgehead atoms. The largest absolute Gasteiger partial charge is 0.391 e. The highest BCUT2D eigenvalue weighted by atomic mass is 16.3. The second kappa shape index (κ2) is 5.05. The summed E-state index contributed by atoms with van der Waals surface area (Å²) in [6.07, 6.45) is 5.06. The number of hydrogen-bond acceptors (Lipinski definition) is 2. The molecule has 4 heteroatoms. The van der Waals surface area contributed by atoms with Crippen molar-refractivity contribution in [3.63, 3.8) is 0 Å². The van der Waals surface area contributed by atoms with Crippen molar-refractivity contribution in [1.29, 1.82) is 0 Å². The van der Waals surface area contributed by atoms with Gasteiger partial charge in [0.05, 0.1) is 17.7 Å². The molecule has 0 radical (unpaired) electrons. The zero-order valence-corrected chi connectivity index (χ0v) is 10.7. The molecule has 3 rings (SSSR count). The van der Waals surface area contributed by atoms with E-state index < -0.39 is 6.10 Å². The average Bonchev–Trinajstić information content (AvgIpc) is 2.85. The Morgan fingerprint density at radius 1 is 1.26 bits per heavy atom. The van der Waals surface area contributed by atoms with Gasteiger partial charge in [-0.05, 0) is 18.9 Å². The van der Waals surface area contributed by atoms with E-state index in [4.69, 9.17) is 0 Å². The van der Waals surface area contributed by atoms with E-state index in [0.29, 0.717) is 5.56 Å². The van der Waals surface area contributed by atoms with Crippen molar-refractivity contribution in [1.82, 2.24) is 10.3 Å². The highest BCUT2D eigenvalue weighted by molar-refractivity contribution is 6.06. The Labute approximate surface area is 111 Å². The van der Waals surface area contributed by atoms with Crippen molar-refractivity contribution in [2.24, 2.45) is 0 Å². The molecule has 4 nitrogen and oxygen atoms in total. The smallest absolute Gasteiger partial charge is 0.253 e. The fourth-order valence-electron chi connectivity index (χ4n) is 2.79. The minimum Gasteiger partial charge on any atom is -0.391 e. The summed E-state index contributed by atoms with van der Waals surface area (Å²) in [5.41, 5.74) is 1.60. The van der Waals surface area contributed by atoms with Crippen LogP contribution in [0, 0.1) is 0 Å². The Morgan fingerprint density at radius 3 is 2.89 bits per heavy atom. The number of carbonyl (C=O) groups excluding carboxylic acids is 1. The molecule has 0 spiro atoms. The SMILES string of the molecule is O=C(N[C@@H]1CCCC[C@H]1O)c1c[nH]c2ccccc12. The second-order valence-corrected chi connectivity index (χ2v) is 5.18. The van der Waals surface area contributed by atoms with Gasteiger partial charge in [0.1, 0.15) is 0 Å². The van der Waals surface area contributed by atoms with Crippen LogP contribution in [0.5, 0.6) is 0 Å². The van der Waals surface area contributed by atoms with Gasteiger partial charge in [0, 0.05) is 17.1 Å². The number of nitrogens with one attached hydrogen (secondary N) is 2. The summed E-state index contributed by atoms with van der Waals surface area (Å²) in [7, 11) is 0. The molecule has 19 heavy (non-hydrogen) atoms. The summed E-state index contributed by atoms with van der Waals surface area (Å²) in [6.45, 7) is 0. The van der Waals surface area contributed by atoms with Crippen LogP contribution in [-0.4, -0.2) is 28.1 Å². The number of aromatic amines is 1. The number of amides is 1. The highest BCUT2D eigenvalue weighted by Gasteiger charge is 2.25. The average molecular weight is 258 g/mol. The Bertz CT molecular complexity index is 591. The Hall–Kier alpha value is -1.81. The third-order valence-corrected chi connectivity index (χ3v) is 3.88. The lowest BCUT2D eigenvalue weighted by Crippen LogP contribution is -2.45. The van der Waals surface area contributed by atoms with E-state index in [2.05, 4.69) is 10.3 Å². The molecule has 2 aromatic rings. The van der Waals surface area contributed by atoms with Crippen LogP contribution >= 0.6 is 0 Å². The van der Waals surface area contributed by atoms with Crippen LogP contribution < -0.4 is 5.32 Å². The molecule has 1 aliphatic rings. The van der Waals surface area contributed by atoms with E-state index in [1.54, 1.807) is 6.20 Å². The molecule has 1 heterocycles. The van der Waals surface area contributed by atoms with Crippen molar-refractivity contribution in [2.45, 2.75) is 37.8 Å². The van der Waals surface area contributed by atoms with Crippen molar-refractivity contribution in [3.05, 3.63) is 36.0 Å². The Morgan fingerprint density at radius 2 is 2.05 bits per heavy atom. The summed E-state index contributed by atoms with van der Waals surface area (Å²) in [6, 6.07) is 7.61. The van der Waals surface area contributed by atoms with Gasteiger partial charge in [-0.25, -0.2) is 0 Å². The predicted molar refractivity (Wildman–Crippen MR) is 74.0 cm³/mol. The van der Waals surface area contributed by atoms with Crippen LogP contribution in [0.3, 0.4) is 0 Å². The van der Waals surface area contributed by atoms with E-state index in [0.717, 1.165) is 36.6 Å². The molecule has 1 saturated carbocycles. The van der Waals surface area contributed by atoms with Crippen molar-refractivity contribution in [2.75, 3.05) is 0 Å². The van der Waals surface area contributed by atoms with Crippen LogP contribution in [0.1, 0.15) is 36.0 Å². The van der Waals surface area contributed by atoms with Crippen LogP contribution in [0.2, 0.25) is 0 Å². The number of benzene rings is 1. The third kappa shape index (κ3) is 2.36. The molecule has 1 aliphatic carbocycles. The number of aliphatic hydroxyl groups excluding tert-OH is 1. The molecule has 1 aromatic heterocycles. The lowest BCUT2D eigenvalue weighted by molar-refractivity contribution is 0.0718. The fraction of sp³-hybridized carbons (Fsp3) is 0.400. The van der Waals surface area contributed by atoms with E-state index in [9.17, 15) is 9.90 Å². The minimum absolute atomic E-state index is 0.108. The van der Waals surface area contributed by atoms with Gasteiger partial charge >= 0.3 is 0 Å². The standard InChI is InChI=1S/C15H18N2O2/c18-14-8-4-3-7-13(14)17-15(19)11-9-16-12-6-2-1-5-10(11)12/h1-2,5-6,9,13-14,16,18H,3-4,7-8H2,(H,17,19)/t13-,14-/m1/s1. The number of hydrogen-bond donors (Lipinski definition) is 3. The van der Waals surface area contributed by atoms with E-state index in [1.807, 2.05) is 24.3 Å². The number of aromatic nitrogens is 1. The quantitative estimate of drug-likeness (QED) is 0.773. The first kappa shape index (κ1) is 12.2. The molecular weight excluding hydrogens is 240 g/mol. The first-order chi connectivity index (χ1) is 9.25. The van der Waals surface area contributed by atoms with Crippen molar-refractivity contribution < 1.29 is 9.90 Å². The maximum absolute atomic E-state index is 12.3. The second-order valence-electron chi connectivity index (χ2n) is 5.18. The monoisotopic (exact) mass is 258 g/mol. The topological polar surface area (TPSA) is 65.1 Å². The van der Waals surface area contributed by atoms with Gasteiger partial charge in [0.15, 0.2) is 0 Å². The zero-order chi connectivity index (χ0) is 13.2. The lowest BCUT2D eigenvalue weighted by atomic mass is 9.92. The molecule has 100 valence electrons. The predicted octanol–water partition coefficient (Wildman–Crippen LogP) is 2.20. The van der Waals surface area contributed by atoms with Crippen LogP contribution in [0.4, 0.5) is 0 Å². The normalized spacial score (nSPS) is 23.4. The van der Waals surface area contributed by atoms with E-state index >= 15 is 0 Å². The first-order valence-corrected chi connectivity index (χ1v) is 6.81. The summed E-state index contributed by atoms with van der Waals surface area (Å²) in [5, 5.41) is 13.8. The number of para-hydroxylation sites is 1. The van der Waals surface area contributed by atoms with Gasteiger partial charge in [-0.15, -0.1) is 0 Å². The Balaban J connectivity index is 1.80.